The van der Waals surface area contributed by atoms with Crippen LogP contribution in [0.1, 0.15) is 29.8 Å². The van der Waals surface area contributed by atoms with Gasteiger partial charge in [0.05, 0.1) is 0 Å². The highest BCUT2D eigenvalue weighted by Crippen LogP contribution is 2.01. The topological polar surface area (TPSA) is 75.5 Å². The van der Waals surface area contributed by atoms with E-state index in [1.165, 1.54) is 10.6 Å². The molecule has 0 aliphatic rings. The molecule has 6 nitrogen and oxygen atoms in total. The maximum Gasteiger partial charge on any atom is 0.270 e. The van der Waals surface area contributed by atoms with E-state index >= 15 is 0 Å². The fourth-order valence-electron chi connectivity index (χ4n) is 2.10. The van der Waals surface area contributed by atoms with Gasteiger partial charge in [-0.05, 0) is 32.0 Å². The fraction of sp³-hybridized carbons (Fsp3) is 0.400. The van der Waals surface area contributed by atoms with Gasteiger partial charge in [-0.15, -0.1) is 0 Å². The second-order valence-electron chi connectivity index (χ2n) is 5.08. The number of pyridine rings is 1. The van der Waals surface area contributed by atoms with Crippen LogP contribution in [-0.2, 0) is 0 Å². The van der Waals surface area contributed by atoms with Crippen LogP contribution in [0, 0.1) is 6.92 Å². The Morgan fingerprint density at radius 1 is 1.43 bits per heavy atom. The minimum atomic E-state index is -0.395. The largest absolute Gasteiger partial charge is 0.350 e. The number of amides is 1. The Balaban J connectivity index is 2.24. The number of rotatable bonds is 5. The Kier molecular flexibility index (Phi) is 4.70. The van der Waals surface area contributed by atoms with Crippen molar-refractivity contribution in [2.75, 3.05) is 13.1 Å². The molecule has 0 aliphatic heterocycles. The van der Waals surface area contributed by atoms with E-state index in [0.29, 0.717) is 12.2 Å². The number of hydrogen-bond acceptors (Lipinski definition) is 4. The zero-order valence-electron chi connectivity index (χ0n) is 12.5. The van der Waals surface area contributed by atoms with Gasteiger partial charge in [-0.1, -0.05) is 13.0 Å². The molecule has 2 N–H and O–H groups in total. The molecule has 0 saturated carbocycles. The number of likely N-dealkylation sites (N-methyl/N-ethyl adjacent to an activating group) is 1. The van der Waals surface area contributed by atoms with Crippen LogP contribution in [0.25, 0.3) is 5.65 Å². The molecule has 0 bridgehead atoms. The number of hydrogen-bond donors (Lipinski definition) is 2. The predicted octanol–water partition coefficient (Wildman–Crippen LogP) is 0.731. The van der Waals surface area contributed by atoms with Crippen LogP contribution >= 0.6 is 0 Å². The summed E-state index contributed by atoms with van der Waals surface area (Å²) in [6, 6.07) is 3.78. The molecule has 1 amide bonds. The lowest BCUT2D eigenvalue weighted by Gasteiger charge is -2.13. The van der Waals surface area contributed by atoms with Gasteiger partial charge in [-0.25, -0.2) is 4.98 Å². The Hall–Kier alpha value is -2.21. The molecule has 0 spiro atoms. The highest BCUT2D eigenvalue weighted by molar-refractivity contribution is 5.93. The van der Waals surface area contributed by atoms with Crippen molar-refractivity contribution in [2.24, 2.45) is 0 Å². The van der Waals surface area contributed by atoms with Crippen molar-refractivity contribution in [1.29, 1.82) is 0 Å². The zero-order valence-corrected chi connectivity index (χ0v) is 12.5. The summed E-state index contributed by atoms with van der Waals surface area (Å²) in [6.07, 6.45) is 3.02. The third-order valence-corrected chi connectivity index (χ3v) is 3.22. The standard InChI is InChI=1S/C15H20N4O2/c1-4-16-11(3)7-18-14(20)12-8-17-13-6-5-10(2)9-19(13)15(12)21/h5-6,8-9,11,16H,4,7H2,1-3H3,(H,18,20)/t11-/m1/s1. The highest BCUT2D eigenvalue weighted by atomic mass is 16.2. The summed E-state index contributed by atoms with van der Waals surface area (Å²) in [4.78, 5) is 28.6. The van der Waals surface area contributed by atoms with Crippen molar-refractivity contribution in [3.63, 3.8) is 0 Å². The van der Waals surface area contributed by atoms with Crippen LogP contribution in [-0.4, -0.2) is 34.4 Å². The number of nitrogens with zero attached hydrogens (tertiary/aromatic N) is 2. The van der Waals surface area contributed by atoms with E-state index in [-0.39, 0.29) is 17.2 Å². The molecular formula is C15H20N4O2. The van der Waals surface area contributed by atoms with Crippen molar-refractivity contribution in [3.8, 4) is 0 Å². The summed E-state index contributed by atoms with van der Waals surface area (Å²) in [5.41, 5.74) is 1.17. The van der Waals surface area contributed by atoms with Crippen molar-refractivity contribution in [3.05, 3.63) is 46.0 Å². The smallest absolute Gasteiger partial charge is 0.270 e. The summed E-state index contributed by atoms with van der Waals surface area (Å²) in [6.45, 7) is 7.15. The minimum Gasteiger partial charge on any atom is -0.350 e. The summed E-state index contributed by atoms with van der Waals surface area (Å²) in [5, 5.41) is 5.94. The molecule has 6 heteroatoms. The molecule has 112 valence electrons. The molecular weight excluding hydrogens is 268 g/mol. The van der Waals surface area contributed by atoms with Gasteiger partial charge in [0.25, 0.3) is 11.5 Å². The lowest BCUT2D eigenvalue weighted by molar-refractivity contribution is 0.0948. The predicted molar refractivity (Wildman–Crippen MR) is 81.7 cm³/mol. The summed E-state index contributed by atoms with van der Waals surface area (Å²) in [5.74, 6) is -0.395. The third kappa shape index (κ3) is 3.46. The number of fused-ring (bicyclic) bond motifs is 1. The second kappa shape index (κ2) is 6.49. The van der Waals surface area contributed by atoms with Gasteiger partial charge in [0.1, 0.15) is 11.2 Å². The number of aryl methyl sites for hydroxylation is 1. The van der Waals surface area contributed by atoms with Crippen LogP contribution < -0.4 is 16.2 Å². The van der Waals surface area contributed by atoms with Gasteiger partial charge in [0, 0.05) is 25.0 Å². The van der Waals surface area contributed by atoms with Crippen LogP contribution in [0.4, 0.5) is 0 Å². The SMILES string of the molecule is CCN[C@H](C)CNC(=O)c1cnc2ccc(C)cn2c1=O. The van der Waals surface area contributed by atoms with Gasteiger partial charge >= 0.3 is 0 Å². The van der Waals surface area contributed by atoms with Gasteiger partial charge in [0.2, 0.25) is 0 Å². The van der Waals surface area contributed by atoms with Crippen LogP contribution in [0.15, 0.2) is 29.3 Å². The number of aromatic nitrogens is 2. The highest BCUT2D eigenvalue weighted by Gasteiger charge is 2.13. The number of nitrogens with one attached hydrogen (secondary N) is 2. The first-order valence-electron chi connectivity index (χ1n) is 7.02. The second-order valence-corrected chi connectivity index (χ2v) is 5.08. The Bertz CT molecular complexity index is 708. The first-order valence-corrected chi connectivity index (χ1v) is 7.02. The Morgan fingerprint density at radius 3 is 2.90 bits per heavy atom. The van der Waals surface area contributed by atoms with Crippen molar-refractivity contribution in [1.82, 2.24) is 20.0 Å². The lowest BCUT2D eigenvalue weighted by atomic mass is 10.2. The van der Waals surface area contributed by atoms with E-state index in [4.69, 9.17) is 0 Å². The maximum atomic E-state index is 12.3. The summed E-state index contributed by atoms with van der Waals surface area (Å²) in [7, 11) is 0. The molecule has 0 fully saturated rings. The van der Waals surface area contributed by atoms with Gasteiger partial charge < -0.3 is 10.6 Å². The normalized spacial score (nSPS) is 12.3. The first-order chi connectivity index (χ1) is 10.0. The molecule has 0 radical (unpaired) electrons. The fourth-order valence-corrected chi connectivity index (χ4v) is 2.10. The van der Waals surface area contributed by atoms with E-state index in [2.05, 4.69) is 15.6 Å². The van der Waals surface area contributed by atoms with Gasteiger partial charge in [0.15, 0.2) is 0 Å². The molecule has 0 unspecified atom stereocenters. The van der Waals surface area contributed by atoms with E-state index in [0.717, 1.165) is 12.1 Å². The molecule has 2 aromatic heterocycles. The van der Waals surface area contributed by atoms with E-state index < -0.39 is 5.91 Å². The molecule has 21 heavy (non-hydrogen) atoms. The molecule has 2 rings (SSSR count). The third-order valence-electron chi connectivity index (χ3n) is 3.22. The quantitative estimate of drug-likeness (QED) is 0.850. The minimum absolute atomic E-state index is 0.0572. The van der Waals surface area contributed by atoms with E-state index in [1.807, 2.05) is 26.8 Å². The summed E-state index contributed by atoms with van der Waals surface area (Å²) < 4.78 is 1.40. The van der Waals surface area contributed by atoms with E-state index in [1.54, 1.807) is 12.3 Å². The Labute approximate surface area is 123 Å². The van der Waals surface area contributed by atoms with E-state index in [9.17, 15) is 9.59 Å². The number of carbonyl (C=O) groups is 1. The monoisotopic (exact) mass is 288 g/mol. The van der Waals surface area contributed by atoms with Crippen LogP contribution in [0.3, 0.4) is 0 Å². The molecule has 2 heterocycles. The summed E-state index contributed by atoms with van der Waals surface area (Å²) >= 11 is 0. The van der Waals surface area contributed by atoms with Crippen LogP contribution in [0.2, 0.25) is 0 Å². The molecule has 0 saturated heterocycles. The van der Waals surface area contributed by atoms with Crippen LogP contribution in [0.5, 0.6) is 0 Å². The molecule has 0 aromatic carbocycles. The molecule has 1 atom stereocenters. The first kappa shape index (κ1) is 15.2. The average Bonchev–Trinajstić information content (AvgIpc) is 2.46. The molecule has 2 aromatic rings. The van der Waals surface area contributed by atoms with Crippen molar-refractivity contribution < 1.29 is 4.79 Å². The maximum absolute atomic E-state index is 12.3. The lowest BCUT2D eigenvalue weighted by Crippen LogP contribution is -2.40. The van der Waals surface area contributed by atoms with Crippen molar-refractivity contribution in [2.45, 2.75) is 26.8 Å². The van der Waals surface area contributed by atoms with Gasteiger partial charge in [-0.3, -0.25) is 14.0 Å². The average molecular weight is 288 g/mol. The number of carbonyl (C=O) groups excluding carboxylic acids is 1. The van der Waals surface area contributed by atoms with Gasteiger partial charge in [-0.2, -0.15) is 0 Å². The zero-order chi connectivity index (χ0) is 15.4. The van der Waals surface area contributed by atoms with Crippen molar-refractivity contribution >= 4 is 11.6 Å². The molecule has 0 aliphatic carbocycles. The Morgan fingerprint density at radius 2 is 2.19 bits per heavy atom.